The van der Waals surface area contributed by atoms with Crippen LogP contribution in [-0.2, 0) is 15.3 Å². The number of para-hydroxylation sites is 1. The average Bonchev–Trinajstić information content (AvgIpc) is 2.71. The molecule has 0 aliphatic rings. The predicted octanol–water partition coefficient (Wildman–Crippen LogP) is 2.77. The van der Waals surface area contributed by atoms with Gasteiger partial charge in [-0.05, 0) is 23.8 Å². The van der Waals surface area contributed by atoms with Gasteiger partial charge in [-0.25, -0.2) is 4.79 Å². The van der Waals surface area contributed by atoms with E-state index in [0.29, 0.717) is 29.4 Å². The van der Waals surface area contributed by atoms with Crippen LogP contribution in [0.4, 0.5) is 0 Å². The van der Waals surface area contributed by atoms with Gasteiger partial charge in [0.25, 0.3) is 5.91 Å². The first-order valence-electron chi connectivity index (χ1n) is 8.28. The smallest absolute Gasteiger partial charge is 0.342 e. The Morgan fingerprint density at radius 3 is 2.67 bits per heavy atom. The maximum atomic E-state index is 12.0. The van der Waals surface area contributed by atoms with E-state index in [1.165, 1.54) is 7.11 Å². The number of carbonyl (C=O) groups is 2. The number of methoxy groups -OCH3 is 1. The summed E-state index contributed by atoms with van der Waals surface area (Å²) in [7, 11) is 1.46. The van der Waals surface area contributed by atoms with Crippen LogP contribution in [0.2, 0.25) is 0 Å². The van der Waals surface area contributed by atoms with Gasteiger partial charge in [0.2, 0.25) is 0 Å². The van der Waals surface area contributed by atoms with Gasteiger partial charge < -0.3 is 14.8 Å². The Hall–Kier alpha value is -2.98. The highest BCUT2D eigenvalue weighted by Gasteiger charge is 2.14. The fourth-order valence-electron chi connectivity index (χ4n) is 2.27. The van der Waals surface area contributed by atoms with E-state index in [4.69, 9.17) is 14.7 Å². The van der Waals surface area contributed by atoms with Gasteiger partial charge in [-0.3, -0.25) is 4.79 Å². The molecule has 2 rings (SSSR count). The second kappa shape index (κ2) is 10.9. The van der Waals surface area contributed by atoms with Gasteiger partial charge in [0, 0.05) is 18.1 Å². The van der Waals surface area contributed by atoms with E-state index >= 15 is 0 Å². The number of nitriles is 1. The third-order valence-corrected chi connectivity index (χ3v) is 4.63. The van der Waals surface area contributed by atoms with Crippen LogP contribution < -0.4 is 10.1 Å². The number of hydrogen-bond donors (Lipinski definition) is 1. The summed E-state index contributed by atoms with van der Waals surface area (Å²) in [5.74, 6) is 0.812. The SMILES string of the molecule is COc1ccccc1C(=O)OCC(=O)NCCSCc1ccccc1C#N. The molecule has 0 fully saturated rings. The molecular weight excluding hydrogens is 364 g/mol. The minimum atomic E-state index is -0.606. The molecule has 0 heterocycles. The first kappa shape index (κ1) is 20.3. The van der Waals surface area contributed by atoms with Crippen LogP contribution >= 0.6 is 11.8 Å². The van der Waals surface area contributed by atoms with E-state index in [1.807, 2.05) is 18.2 Å². The summed E-state index contributed by atoms with van der Waals surface area (Å²) in [6, 6.07) is 16.3. The molecule has 0 aliphatic carbocycles. The predicted molar refractivity (Wildman–Crippen MR) is 104 cm³/mol. The Balaban J connectivity index is 1.66. The van der Waals surface area contributed by atoms with E-state index in [1.54, 1.807) is 42.1 Å². The number of ether oxygens (including phenoxy) is 2. The molecule has 0 unspecified atom stereocenters. The number of esters is 1. The third kappa shape index (κ3) is 6.35. The monoisotopic (exact) mass is 384 g/mol. The van der Waals surface area contributed by atoms with E-state index in [-0.39, 0.29) is 18.1 Å². The van der Waals surface area contributed by atoms with Crippen molar-refractivity contribution in [3.8, 4) is 11.8 Å². The van der Waals surface area contributed by atoms with Gasteiger partial charge in [0.05, 0.1) is 18.7 Å². The van der Waals surface area contributed by atoms with Crippen molar-refractivity contribution in [3.63, 3.8) is 0 Å². The van der Waals surface area contributed by atoms with E-state index in [9.17, 15) is 9.59 Å². The molecule has 0 bridgehead atoms. The molecular formula is C20H20N2O4S. The number of thioether (sulfide) groups is 1. The van der Waals surface area contributed by atoms with Gasteiger partial charge >= 0.3 is 5.97 Å². The molecule has 6 nitrogen and oxygen atoms in total. The lowest BCUT2D eigenvalue weighted by molar-refractivity contribution is -0.124. The second-order valence-electron chi connectivity index (χ2n) is 5.45. The zero-order chi connectivity index (χ0) is 19.5. The maximum Gasteiger partial charge on any atom is 0.342 e. The Morgan fingerprint density at radius 1 is 1.15 bits per heavy atom. The molecule has 1 amide bonds. The molecule has 0 atom stereocenters. The standard InChI is InChI=1S/C20H20N2O4S/c1-25-18-9-5-4-8-17(18)20(24)26-13-19(23)22-10-11-27-14-16-7-3-2-6-15(16)12-21/h2-9H,10-11,13-14H2,1H3,(H,22,23). The molecule has 2 aromatic carbocycles. The van der Waals surface area contributed by atoms with Crippen molar-refractivity contribution < 1.29 is 19.1 Å². The molecule has 0 aromatic heterocycles. The number of nitrogens with zero attached hydrogens (tertiary/aromatic N) is 1. The summed E-state index contributed by atoms with van der Waals surface area (Å²) in [5.41, 5.74) is 1.92. The summed E-state index contributed by atoms with van der Waals surface area (Å²) in [6.07, 6.45) is 0. The lowest BCUT2D eigenvalue weighted by Crippen LogP contribution is -2.30. The first-order valence-corrected chi connectivity index (χ1v) is 9.43. The lowest BCUT2D eigenvalue weighted by Gasteiger charge is -2.09. The van der Waals surface area contributed by atoms with Gasteiger partial charge in [-0.1, -0.05) is 30.3 Å². The molecule has 140 valence electrons. The Bertz CT molecular complexity index is 833. The van der Waals surface area contributed by atoms with Crippen LogP contribution in [0.5, 0.6) is 5.75 Å². The highest BCUT2D eigenvalue weighted by Crippen LogP contribution is 2.18. The van der Waals surface area contributed by atoms with Crippen molar-refractivity contribution in [1.82, 2.24) is 5.32 Å². The average molecular weight is 384 g/mol. The molecule has 0 spiro atoms. The van der Waals surface area contributed by atoms with Crippen molar-refractivity contribution in [3.05, 3.63) is 65.2 Å². The summed E-state index contributed by atoms with van der Waals surface area (Å²) in [6.45, 7) is 0.100. The first-order chi connectivity index (χ1) is 13.2. The summed E-state index contributed by atoms with van der Waals surface area (Å²) < 4.78 is 10.1. The Morgan fingerprint density at radius 2 is 1.89 bits per heavy atom. The summed E-state index contributed by atoms with van der Waals surface area (Å²) >= 11 is 1.61. The zero-order valence-electron chi connectivity index (χ0n) is 14.9. The van der Waals surface area contributed by atoms with Crippen LogP contribution in [0.15, 0.2) is 48.5 Å². The molecule has 7 heteroatoms. The van der Waals surface area contributed by atoms with E-state index < -0.39 is 5.97 Å². The van der Waals surface area contributed by atoms with Crippen LogP contribution in [0.25, 0.3) is 0 Å². The molecule has 0 saturated heterocycles. The number of rotatable bonds is 9. The quantitative estimate of drug-likeness (QED) is 0.528. The van der Waals surface area contributed by atoms with Crippen molar-refractivity contribution in [2.24, 2.45) is 0 Å². The molecule has 27 heavy (non-hydrogen) atoms. The van der Waals surface area contributed by atoms with Gasteiger partial charge in [-0.15, -0.1) is 0 Å². The highest BCUT2D eigenvalue weighted by molar-refractivity contribution is 7.98. The van der Waals surface area contributed by atoms with Gasteiger partial charge in [0.15, 0.2) is 6.61 Å². The van der Waals surface area contributed by atoms with Gasteiger partial charge in [0.1, 0.15) is 11.3 Å². The largest absolute Gasteiger partial charge is 0.496 e. The van der Waals surface area contributed by atoms with Crippen molar-refractivity contribution in [1.29, 1.82) is 5.26 Å². The molecule has 2 aromatic rings. The Kier molecular flexibility index (Phi) is 8.20. The number of amides is 1. The Labute approximate surface area is 162 Å². The topological polar surface area (TPSA) is 88.4 Å². The molecule has 0 radical (unpaired) electrons. The molecule has 1 N–H and O–H groups in total. The summed E-state index contributed by atoms with van der Waals surface area (Å²) in [5, 5.41) is 11.7. The zero-order valence-corrected chi connectivity index (χ0v) is 15.8. The molecule has 0 saturated carbocycles. The minimum Gasteiger partial charge on any atom is -0.496 e. The molecule has 0 aliphatic heterocycles. The van der Waals surface area contributed by atoms with E-state index in [2.05, 4.69) is 11.4 Å². The summed E-state index contributed by atoms with van der Waals surface area (Å²) in [4.78, 5) is 23.8. The van der Waals surface area contributed by atoms with Crippen molar-refractivity contribution in [2.75, 3.05) is 26.0 Å². The fourth-order valence-corrected chi connectivity index (χ4v) is 3.14. The van der Waals surface area contributed by atoms with Crippen LogP contribution in [0, 0.1) is 11.3 Å². The minimum absolute atomic E-state index is 0.277. The number of hydrogen-bond acceptors (Lipinski definition) is 6. The van der Waals surface area contributed by atoms with Crippen LogP contribution in [-0.4, -0.2) is 37.9 Å². The van der Waals surface area contributed by atoms with Crippen molar-refractivity contribution in [2.45, 2.75) is 5.75 Å². The maximum absolute atomic E-state index is 12.0. The number of nitrogens with one attached hydrogen (secondary N) is 1. The van der Waals surface area contributed by atoms with Crippen LogP contribution in [0.3, 0.4) is 0 Å². The second-order valence-corrected chi connectivity index (χ2v) is 6.55. The number of carbonyl (C=O) groups excluding carboxylic acids is 2. The normalized spacial score (nSPS) is 9.93. The number of benzene rings is 2. The van der Waals surface area contributed by atoms with Crippen LogP contribution in [0.1, 0.15) is 21.5 Å². The van der Waals surface area contributed by atoms with E-state index in [0.717, 1.165) is 5.56 Å². The highest BCUT2D eigenvalue weighted by atomic mass is 32.2. The van der Waals surface area contributed by atoms with Crippen molar-refractivity contribution >= 4 is 23.6 Å². The fraction of sp³-hybridized carbons (Fsp3) is 0.250. The third-order valence-electron chi connectivity index (χ3n) is 3.63. The lowest BCUT2D eigenvalue weighted by atomic mass is 10.1. The van der Waals surface area contributed by atoms with Gasteiger partial charge in [-0.2, -0.15) is 17.0 Å².